The quantitative estimate of drug-likeness (QED) is 0.347. The molecule has 1 aromatic heterocycles. The summed E-state index contributed by atoms with van der Waals surface area (Å²) in [6, 6.07) is 11.0. The Labute approximate surface area is 195 Å². The first kappa shape index (κ1) is 22.8. The fraction of sp³-hybridized carbons (Fsp3) is 0.192. The average molecular weight is 458 g/mol. The molecule has 34 heavy (non-hydrogen) atoms. The third kappa shape index (κ3) is 3.83. The minimum Gasteiger partial charge on any atom is -0.448 e. The molecule has 1 aliphatic rings. The molecular weight excluding hydrogens is 436 g/mol. The van der Waals surface area contributed by atoms with Crippen LogP contribution in [0.15, 0.2) is 42.5 Å². The molecule has 3 aromatic rings. The van der Waals surface area contributed by atoms with Gasteiger partial charge in [0, 0.05) is 39.2 Å². The van der Waals surface area contributed by atoms with Gasteiger partial charge in [-0.2, -0.15) is 0 Å². The van der Waals surface area contributed by atoms with Crippen molar-refractivity contribution < 1.29 is 28.7 Å². The number of carbonyl (C=O) groups excluding carboxylic acids is 5. The monoisotopic (exact) mass is 458 g/mol. The van der Waals surface area contributed by atoms with Crippen molar-refractivity contribution in [1.82, 2.24) is 4.98 Å². The lowest BCUT2D eigenvalue weighted by molar-refractivity contribution is -0.123. The number of amides is 1. The number of ketones is 3. The summed E-state index contributed by atoms with van der Waals surface area (Å²) in [5.41, 5.74) is 2.94. The summed E-state index contributed by atoms with van der Waals surface area (Å²) >= 11 is 0. The van der Waals surface area contributed by atoms with E-state index in [1.54, 1.807) is 38.1 Å². The number of benzene rings is 2. The molecule has 1 aliphatic carbocycles. The van der Waals surface area contributed by atoms with Crippen LogP contribution in [0.3, 0.4) is 0 Å². The van der Waals surface area contributed by atoms with Crippen molar-refractivity contribution in [2.24, 2.45) is 0 Å². The number of ether oxygens (including phenoxy) is 1. The van der Waals surface area contributed by atoms with Gasteiger partial charge in [-0.15, -0.1) is 0 Å². The van der Waals surface area contributed by atoms with Gasteiger partial charge in [-0.3, -0.25) is 19.2 Å². The van der Waals surface area contributed by atoms with Crippen LogP contribution in [0.25, 0.3) is 0 Å². The van der Waals surface area contributed by atoms with Gasteiger partial charge in [0.25, 0.3) is 5.91 Å². The maximum atomic E-state index is 12.9. The number of anilines is 1. The number of esters is 1. The van der Waals surface area contributed by atoms with Gasteiger partial charge in [-0.1, -0.05) is 24.3 Å². The van der Waals surface area contributed by atoms with Gasteiger partial charge in [0.1, 0.15) is 5.69 Å². The molecule has 0 spiro atoms. The lowest BCUT2D eigenvalue weighted by Gasteiger charge is -2.19. The maximum Gasteiger partial charge on any atom is 0.355 e. The zero-order valence-corrected chi connectivity index (χ0v) is 19.1. The second-order valence-electron chi connectivity index (χ2n) is 8.18. The maximum absolute atomic E-state index is 12.9. The van der Waals surface area contributed by atoms with Crippen LogP contribution >= 0.6 is 0 Å². The topological polar surface area (TPSA) is 122 Å². The highest BCUT2D eigenvalue weighted by Gasteiger charge is 2.30. The molecule has 172 valence electrons. The Bertz CT molecular complexity index is 1400. The first-order valence-corrected chi connectivity index (χ1v) is 10.6. The van der Waals surface area contributed by atoms with E-state index in [4.69, 9.17) is 4.74 Å². The van der Waals surface area contributed by atoms with E-state index >= 15 is 0 Å². The molecule has 0 radical (unpaired) electrons. The van der Waals surface area contributed by atoms with E-state index in [1.165, 1.54) is 32.0 Å². The van der Waals surface area contributed by atoms with E-state index in [0.29, 0.717) is 27.9 Å². The largest absolute Gasteiger partial charge is 0.448 e. The predicted octanol–water partition coefficient (Wildman–Crippen LogP) is 3.79. The van der Waals surface area contributed by atoms with Crippen LogP contribution in [-0.4, -0.2) is 40.3 Å². The van der Waals surface area contributed by atoms with Crippen molar-refractivity contribution in [3.8, 4) is 0 Å². The third-order valence-electron chi connectivity index (χ3n) is 5.84. The van der Waals surface area contributed by atoms with Gasteiger partial charge in [-0.25, -0.2) is 4.79 Å². The van der Waals surface area contributed by atoms with Gasteiger partial charge in [0.05, 0.1) is 0 Å². The molecular formula is C26H22N2O6. The van der Waals surface area contributed by atoms with Crippen LogP contribution in [-0.2, 0) is 9.53 Å². The predicted molar refractivity (Wildman–Crippen MR) is 124 cm³/mol. The first-order valence-electron chi connectivity index (χ1n) is 10.6. The zero-order valence-electron chi connectivity index (χ0n) is 19.1. The Hall–Kier alpha value is -4.33. The van der Waals surface area contributed by atoms with Crippen LogP contribution in [0.2, 0.25) is 0 Å². The molecule has 8 nitrogen and oxygen atoms in total. The highest BCUT2D eigenvalue weighted by molar-refractivity contribution is 6.28. The number of fused-ring (bicyclic) bond motifs is 2. The molecule has 0 saturated heterocycles. The molecule has 2 aromatic carbocycles. The fourth-order valence-electron chi connectivity index (χ4n) is 4.18. The zero-order chi connectivity index (χ0) is 24.7. The molecule has 1 heterocycles. The molecule has 1 atom stereocenters. The number of rotatable bonds is 5. The number of aromatic nitrogens is 1. The van der Waals surface area contributed by atoms with Gasteiger partial charge >= 0.3 is 5.97 Å². The van der Waals surface area contributed by atoms with Crippen LogP contribution in [0.4, 0.5) is 5.69 Å². The third-order valence-corrected chi connectivity index (χ3v) is 5.84. The number of aromatic amines is 1. The van der Waals surface area contributed by atoms with E-state index in [9.17, 15) is 24.0 Å². The number of nitrogens with one attached hydrogen (secondary N) is 2. The van der Waals surface area contributed by atoms with Crippen molar-refractivity contribution in [1.29, 1.82) is 0 Å². The average Bonchev–Trinajstić information content (AvgIpc) is 3.11. The van der Waals surface area contributed by atoms with E-state index in [1.807, 2.05) is 0 Å². The number of aryl methyl sites for hydroxylation is 1. The Morgan fingerprint density at radius 1 is 0.912 bits per heavy atom. The number of hydrogen-bond donors (Lipinski definition) is 2. The highest BCUT2D eigenvalue weighted by Crippen LogP contribution is 2.29. The Morgan fingerprint density at radius 3 is 2.09 bits per heavy atom. The van der Waals surface area contributed by atoms with Crippen molar-refractivity contribution in [2.45, 2.75) is 33.8 Å². The molecule has 0 aliphatic heterocycles. The molecule has 8 heteroatoms. The van der Waals surface area contributed by atoms with Gasteiger partial charge < -0.3 is 15.0 Å². The standard InChI is InChI=1S/C26H22N2O6/c1-12-21(14(3)29)13(2)27-22(12)26(33)34-15(4)25(32)28-16-9-10-19-20(11-16)24(31)18-8-6-5-7-17(18)23(19)30/h5-11,15,27H,1-4H3,(H,28,32)/t15-/m1/s1. The molecule has 0 fully saturated rings. The number of carbonyl (C=O) groups is 5. The second-order valence-corrected chi connectivity index (χ2v) is 8.18. The summed E-state index contributed by atoms with van der Waals surface area (Å²) in [4.78, 5) is 65.5. The molecule has 1 amide bonds. The lowest BCUT2D eigenvalue weighted by Crippen LogP contribution is -2.30. The second kappa shape index (κ2) is 8.55. The Kier molecular flexibility index (Phi) is 5.75. The Morgan fingerprint density at radius 2 is 1.50 bits per heavy atom. The number of hydrogen-bond acceptors (Lipinski definition) is 6. The molecule has 0 saturated carbocycles. The van der Waals surface area contributed by atoms with Crippen LogP contribution in [0.5, 0.6) is 0 Å². The minimum absolute atomic E-state index is 0.110. The minimum atomic E-state index is -1.16. The number of Topliss-reactive ketones (excluding diaryl/α,β-unsaturated/α-hetero) is 1. The molecule has 2 N–H and O–H groups in total. The summed E-state index contributed by atoms with van der Waals surface area (Å²) in [5.74, 6) is -2.12. The number of H-pyrrole nitrogens is 1. The van der Waals surface area contributed by atoms with Crippen molar-refractivity contribution in [3.05, 3.63) is 87.2 Å². The van der Waals surface area contributed by atoms with Crippen LogP contribution < -0.4 is 5.32 Å². The van der Waals surface area contributed by atoms with E-state index < -0.39 is 18.0 Å². The van der Waals surface area contributed by atoms with Crippen molar-refractivity contribution >= 4 is 34.9 Å². The fourth-order valence-corrected chi connectivity index (χ4v) is 4.18. The van der Waals surface area contributed by atoms with Gasteiger partial charge in [-0.05, 0) is 51.5 Å². The van der Waals surface area contributed by atoms with E-state index in [0.717, 1.165) is 0 Å². The highest BCUT2D eigenvalue weighted by atomic mass is 16.5. The van der Waals surface area contributed by atoms with Crippen molar-refractivity contribution in [3.63, 3.8) is 0 Å². The molecule has 0 unspecified atom stereocenters. The van der Waals surface area contributed by atoms with E-state index in [-0.39, 0.29) is 39.9 Å². The summed E-state index contributed by atoms with van der Waals surface area (Å²) in [6.07, 6.45) is -1.16. The molecule has 0 bridgehead atoms. The summed E-state index contributed by atoms with van der Waals surface area (Å²) < 4.78 is 5.28. The van der Waals surface area contributed by atoms with Gasteiger partial charge in [0.2, 0.25) is 0 Å². The van der Waals surface area contributed by atoms with Crippen LogP contribution in [0.1, 0.15) is 77.8 Å². The normalized spacial score (nSPS) is 13.1. The van der Waals surface area contributed by atoms with Crippen molar-refractivity contribution in [2.75, 3.05) is 5.32 Å². The summed E-state index contributed by atoms with van der Waals surface area (Å²) in [6.45, 7) is 6.12. The van der Waals surface area contributed by atoms with Gasteiger partial charge in [0.15, 0.2) is 23.5 Å². The van der Waals surface area contributed by atoms with Crippen LogP contribution in [0, 0.1) is 13.8 Å². The Balaban J connectivity index is 1.50. The summed E-state index contributed by atoms with van der Waals surface area (Å²) in [5, 5.41) is 2.61. The van der Waals surface area contributed by atoms with E-state index in [2.05, 4.69) is 10.3 Å². The SMILES string of the molecule is CC(=O)c1c(C)[nH]c(C(=O)O[C@H](C)C(=O)Nc2ccc3c(c2)C(=O)c2ccccc2C3=O)c1C. The first-order chi connectivity index (χ1) is 16.1. The molecule has 4 rings (SSSR count). The summed E-state index contributed by atoms with van der Waals surface area (Å²) in [7, 11) is 0. The lowest BCUT2D eigenvalue weighted by atomic mass is 9.84. The smallest absolute Gasteiger partial charge is 0.355 e.